The van der Waals surface area contributed by atoms with Crippen LogP contribution in [0.3, 0.4) is 0 Å². The predicted molar refractivity (Wildman–Crippen MR) is 134 cm³/mol. The van der Waals surface area contributed by atoms with Crippen LogP contribution < -0.4 is 10.6 Å². The van der Waals surface area contributed by atoms with Crippen LogP contribution in [-0.2, 0) is 13.9 Å². The van der Waals surface area contributed by atoms with Gasteiger partial charge >= 0.3 is 73.0 Å². The van der Waals surface area contributed by atoms with Gasteiger partial charge in [-0.05, 0) is 12.8 Å². The minimum atomic E-state index is -9.59. The third-order valence-electron chi connectivity index (χ3n) is 7.86. The quantitative estimate of drug-likeness (QED) is 0.0532. The Hall–Kier alpha value is -2.19. The lowest BCUT2D eigenvalue weighted by atomic mass is 9.85. The van der Waals surface area contributed by atoms with Crippen LogP contribution in [0.2, 0.25) is 0 Å². The Morgan fingerprint density at radius 2 is 0.982 bits per heavy atom. The number of nitrogens with one attached hydrogen (secondary N) is 2. The molecule has 1 aliphatic heterocycles. The zero-order chi connectivity index (χ0) is 45.8. The highest BCUT2D eigenvalue weighted by atomic mass is 31.2. The van der Waals surface area contributed by atoms with E-state index in [2.05, 4.69) is 9.84 Å². The molecule has 0 spiro atoms. The molecule has 340 valence electrons. The number of aliphatic hydroxyl groups is 4. The second-order valence-electron chi connectivity index (χ2n) is 11.9. The second kappa shape index (κ2) is 16.0. The first kappa shape index (κ1) is 52.8. The molecule has 0 saturated carbocycles. The van der Waals surface area contributed by atoms with Gasteiger partial charge < -0.3 is 40.5 Å². The third-order valence-corrected chi connectivity index (χ3v) is 9.33. The minimum Gasteiger partial charge on any atom is -0.395 e. The molecule has 34 heteroatoms. The van der Waals surface area contributed by atoms with Gasteiger partial charge in [-0.3, -0.25) is 9.36 Å². The number of halogens is 23. The molecule has 0 aromatic carbocycles. The predicted octanol–water partition coefficient (Wildman–Crippen LogP) is 4.42. The Kier molecular flexibility index (Phi) is 14.8. The lowest BCUT2D eigenvalue weighted by Crippen LogP contribution is -2.78. The van der Waals surface area contributed by atoms with Gasteiger partial charge in [0.2, 0.25) is 0 Å². The number of aliphatic hydroxyl groups excluding tert-OH is 4. The molecular weight excluding hydrogens is 900 g/mol. The van der Waals surface area contributed by atoms with Crippen molar-refractivity contribution in [3.8, 4) is 0 Å². The molecule has 1 unspecified atom stereocenters. The summed E-state index contributed by atoms with van der Waals surface area (Å²) in [6, 6.07) is -2.31. The van der Waals surface area contributed by atoms with Crippen molar-refractivity contribution in [3.05, 3.63) is 0 Å². The van der Waals surface area contributed by atoms with Gasteiger partial charge in [-0.15, -0.1) is 0 Å². The summed E-state index contributed by atoms with van der Waals surface area (Å²) in [4.78, 5) is 21.2. The lowest BCUT2D eigenvalue weighted by Gasteiger charge is -2.45. The van der Waals surface area contributed by atoms with Crippen LogP contribution in [0.1, 0.15) is 12.8 Å². The van der Waals surface area contributed by atoms with E-state index < -0.39 is 148 Å². The highest BCUT2D eigenvalue weighted by molar-refractivity contribution is 7.52. The van der Waals surface area contributed by atoms with E-state index in [9.17, 15) is 131 Å². The smallest absolute Gasteiger partial charge is 0.395 e. The maximum atomic E-state index is 14.1. The van der Waals surface area contributed by atoms with Crippen LogP contribution in [0.25, 0.3) is 0 Å². The molecule has 1 aliphatic rings. The lowest BCUT2D eigenvalue weighted by molar-refractivity contribution is -0.477. The van der Waals surface area contributed by atoms with E-state index in [1.165, 1.54) is 0 Å². The molecule has 0 radical (unpaired) electrons. The van der Waals surface area contributed by atoms with Crippen LogP contribution in [0.5, 0.6) is 0 Å². The summed E-state index contributed by atoms with van der Waals surface area (Å²) in [7, 11) is -5.00. The number of amides is 1. The van der Waals surface area contributed by atoms with Gasteiger partial charge in [-0.25, -0.2) is 0 Å². The fourth-order valence-electron chi connectivity index (χ4n) is 4.49. The van der Waals surface area contributed by atoms with Gasteiger partial charge in [0, 0.05) is 12.6 Å². The van der Waals surface area contributed by atoms with Crippen molar-refractivity contribution in [2.75, 3.05) is 25.9 Å². The summed E-state index contributed by atoms with van der Waals surface area (Å²) < 4.78 is 328. The van der Waals surface area contributed by atoms with Crippen molar-refractivity contribution >= 4 is 13.5 Å². The summed E-state index contributed by atoms with van der Waals surface area (Å²) >= 11 is 0. The van der Waals surface area contributed by atoms with Gasteiger partial charge in [-0.1, -0.05) is 0 Å². The molecule has 1 heterocycles. The first-order valence-corrected chi connectivity index (χ1v) is 16.1. The van der Waals surface area contributed by atoms with Gasteiger partial charge in [0.25, 0.3) is 5.91 Å². The van der Waals surface area contributed by atoms with Crippen molar-refractivity contribution in [2.45, 2.75) is 109 Å². The summed E-state index contributed by atoms with van der Waals surface area (Å²) in [5, 5.41) is 41.4. The average molecular weight is 924 g/mol. The largest absolute Gasteiger partial charge is 0.460 e. The first-order valence-electron chi connectivity index (χ1n) is 14.4. The molecule has 7 N–H and O–H groups in total. The third kappa shape index (κ3) is 8.57. The van der Waals surface area contributed by atoms with Crippen molar-refractivity contribution in [1.29, 1.82) is 0 Å². The van der Waals surface area contributed by atoms with E-state index >= 15 is 0 Å². The average Bonchev–Trinajstić information content (AvgIpc) is 3.30. The maximum absolute atomic E-state index is 14.1. The van der Waals surface area contributed by atoms with Crippen LogP contribution in [-0.4, -0.2) is 153 Å². The Morgan fingerprint density at radius 1 is 0.632 bits per heavy atom. The van der Waals surface area contributed by atoms with E-state index in [4.69, 9.17) is 5.11 Å². The Labute approximate surface area is 299 Å². The van der Waals surface area contributed by atoms with E-state index in [-0.39, 0.29) is 0 Å². The van der Waals surface area contributed by atoms with Crippen LogP contribution in [0, 0.1) is 0 Å². The Bertz CT molecular complexity index is 1470. The highest BCUT2D eigenvalue weighted by Crippen LogP contribution is 2.67. The standard InChI is InChI=1S/C23H24F23N2O8P/c24-13(25,12(53)47-2-1-3-56-57(54,55)6-7(50)4-8-10(51)11(52)9(5-49)48-8)14(26,27)15(28,29)16(30,31)17(32,33)18(34,35)19(36,37)20(38,39)21(40,41)22(42,43)23(44,45)46/h7-11,48-52H,1-6H2,(H,47,53)(H,54,55)/t7-,8-,9-,10-,11-/m1/s1. The summed E-state index contributed by atoms with van der Waals surface area (Å²) in [6.45, 7) is -3.67. The fourth-order valence-corrected chi connectivity index (χ4v) is 5.69. The Morgan fingerprint density at radius 3 is 1.33 bits per heavy atom. The van der Waals surface area contributed by atoms with Crippen molar-refractivity contribution in [3.63, 3.8) is 0 Å². The number of carbonyl (C=O) groups is 1. The molecule has 0 aromatic rings. The number of hydrogen-bond donors (Lipinski definition) is 7. The molecule has 6 atom stereocenters. The molecule has 0 bridgehead atoms. The van der Waals surface area contributed by atoms with Crippen molar-refractivity contribution < 1.29 is 140 Å². The van der Waals surface area contributed by atoms with Gasteiger partial charge in [0.1, 0.15) is 0 Å². The first-order chi connectivity index (χ1) is 24.9. The molecule has 1 rings (SSSR count). The van der Waals surface area contributed by atoms with E-state index in [0.717, 1.165) is 0 Å². The molecule has 0 aliphatic carbocycles. The zero-order valence-corrected chi connectivity index (χ0v) is 27.6. The van der Waals surface area contributed by atoms with Crippen LogP contribution >= 0.6 is 7.60 Å². The topological polar surface area (TPSA) is 169 Å². The number of rotatable bonds is 20. The highest BCUT2D eigenvalue weighted by Gasteiger charge is 2.99. The molecular formula is C23H24F23N2O8P. The fraction of sp³-hybridized carbons (Fsp3) is 0.957. The minimum absolute atomic E-state index is 0.473. The van der Waals surface area contributed by atoms with Crippen LogP contribution in [0.4, 0.5) is 101 Å². The molecule has 57 heavy (non-hydrogen) atoms. The van der Waals surface area contributed by atoms with Crippen LogP contribution in [0.15, 0.2) is 0 Å². The van der Waals surface area contributed by atoms with Gasteiger partial charge in [-0.2, -0.15) is 101 Å². The van der Waals surface area contributed by atoms with Crippen molar-refractivity contribution in [1.82, 2.24) is 10.6 Å². The van der Waals surface area contributed by atoms with Gasteiger partial charge in [0.05, 0.1) is 43.7 Å². The number of alkyl halides is 23. The Balaban J connectivity index is 3.19. The summed E-state index contributed by atoms with van der Waals surface area (Å²) in [6.07, 6.45) is -16.3. The van der Waals surface area contributed by atoms with Crippen molar-refractivity contribution in [2.24, 2.45) is 0 Å². The number of hydrogen-bond acceptors (Lipinski definition) is 8. The summed E-state index contributed by atoms with van der Waals surface area (Å²) in [5.74, 6) is -94.5. The second-order valence-corrected chi connectivity index (χ2v) is 13.8. The SMILES string of the molecule is O=C(NCCCOP(=O)(O)C[C@H](O)C[C@H]1N[C@H](CO)[C@@H](O)[C@@H]1O)C(F)(F)C(F)(F)C(F)(F)C(F)(F)C(F)(F)C(F)(F)C(F)(F)C(F)(F)C(F)(F)C(F)(F)C(F)(F)F. The number of carbonyl (C=O) groups excluding carboxylic acids is 1. The normalized spacial score (nSPS) is 23.4. The maximum Gasteiger partial charge on any atom is 0.460 e. The van der Waals surface area contributed by atoms with E-state index in [0.29, 0.717) is 5.32 Å². The summed E-state index contributed by atoms with van der Waals surface area (Å²) in [5.41, 5.74) is 0. The van der Waals surface area contributed by atoms with E-state index in [1.54, 1.807) is 0 Å². The molecule has 0 aromatic heterocycles. The molecule has 1 amide bonds. The zero-order valence-electron chi connectivity index (χ0n) is 26.7. The molecule has 1 saturated heterocycles. The van der Waals surface area contributed by atoms with Gasteiger partial charge in [0.15, 0.2) is 0 Å². The monoisotopic (exact) mass is 924 g/mol. The molecule has 1 fully saturated rings. The molecule has 10 nitrogen and oxygen atoms in total. The van der Waals surface area contributed by atoms with E-state index in [1.807, 2.05) is 0 Å².